The zero-order valence-corrected chi connectivity index (χ0v) is 12.4. The van der Waals surface area contributed by atoms with E-state index in [0.29, 0.717) is 37.6 Å². The van der Waals surface area contributed by atoms with Gasteiger partial charge in [-0.15, -0.1) is 0 Å². The van der Waals surface area contributed by atoms with E-state index < -0.39 is 5.97 Å². The lowest BCUT2D eigenvalue weighted by molar-refractivity contribution is -0.305. The number of amides is 2. The van der Waals surface area contributed by atoms with Gasteiger partial charge in [-0.2, -0.15) is 0 Å². The number of unbranched alkanes of at least 4 members (excludes halogenated alkanes) is 2. The second kappa shape index (κ2) is 4.93. The van der Waals surface area contributed by atoms with Gasteiger partial charge in [0.2, 0.25) is 11.8 Å². The van der Waals surface area contributed by atoms with Gasteiger partial charge in [-0.25, -0.2) is 0 Å². The van der Waals surface area contributed by atoms with Crippen LogP contribution >= 0.6 is 0 Å². The predicted octanol–water partition coefficient (Wildman–Crippen LogP) is 0.350. The van der Waals surface area contributed by atoms with E-state index in [0.717, 1.165) is 0 Å². The Morgan fingerprint density at radius 1 is 1.05 bits per heavy atom. The predicted molar refractivity (Wildman–Crippen MR) is 74.9 cm³/mol. The Balaban J connectivity index is 1.39. The fraction of sp³-hybridized carbons (Fsp3) is 0.706. The van der Waals surface area contributed by atoms with E-state index >= 15 is 0 Å². The fourth-order valence-electron chi connectivity index (χ4n) is 4.96. The van der Waals surface area contributed by atoms with Crippen LogP contribution in [0.3, 0.4) is 0 Å². The first-order chi connectivity index (χ1) is 10.6. The molecule has 2 saturated carbocycles. The van der Waals surface area contributed by atoms with E-state index in [2.05, 4.69) is 12.2 Å². The summed E-state index contributed by atoms with van der Waals surface area (Å²) >= 11 is 0. The van der Waals surface area contributed by atoms with E-state index in [9.17, 15) is 19.5 Å². The van der Waals surface area contributed by atoms with E-state index in [1.54, 1.807) is 0 Å². The Morgan fingerprint density at radius 2 is 1.64 bits per heavy atom. The topological polar surface area (TPSA) is 77.5 Å². The lowest BCUT2D eigenvalue weighted by atomic mass is 9.63. The van der Waals surface area contributed by atoms with Gasteiger partial charge in [0, 0.05) is 12.5 Å². The second-order valence-electron chi connectivity index (χ2n) is 7.17. The van der Waals surface area contributed by atoms with Crippen molar-refractivity contribution in [3.05, 3.63) is 12.2 Å². The number of carboxylic acids is 1. The normalized spacial score (nSPS) is 40.8. The molecule has 1 saturated heterocycles. The molecule has 2 bridgehead atoms. The first-order valence-electron chi connectivity index (χ1n) is 8.33. The molecule has 1 aliphatic heterocycles. The third-order valence-corrected chi connectivity index (χ3v) is 6.02. The molecule has 1 heterocycles. The monoisotopic (exact) mass is 302 g/mol. The maximum Gasteiger partial charge on any atom is 0.233 e. The highest BCUT2D eigenvalue weighted by Crippen LogP contribution is 2.65. The number of aliphatic carboxylic acids is 1. The largest absolute Gasteiger partial charge is 0.550 e. The first kappa shape index (κ1) is 14.0. The summed E-state index contributed by atoms with van der Waals surface area (Å²) in [5, 5.41) is 10.4. The van der Waals surface area contributed by atoms with Crippen LogP contribution < -0.4 is 5.11 Å². The SMILES string of the molecule is O=C([O-])CCCCCN1C(=O)[C@@H]2[C@@H]3C=C[C@@H]([C@H]4C[C@H]34)[C@@H]2C1=O. The van der Waals surface area contributed by atoms with Crippen molar-refractivity contribution in [2.45, 2.75) is 32.1 Å². The molecule has 0 radical (unpaired) electrons. The Morgan fingerprint density at radius 3 is 2.18 bits per heavy atom. The molecule has 0 N–H and O–H groups in total. The van der Waals surface area contributed by atoms with Gasteiger partial charge < -0.3 is 9.90 Å². The van der Waals surface area contributed by atoms with E-state index in [4.69, 9.17) is 0 Å². The smallest absolute Gasteiger partial charge is 0.233 e. The van der Waals surface area contributed by atoms with Crippen LogP contribution in [0.15, 0.2) is 12.2 Å². The summed E-state index contributed by atoms with van der Waals surface area (Å²) in [4.78, 5) is 37.1. The maximum absolute atomic E-state index is 12.6. The molecule has 0 aromatic heterocycles. The molecule has 5 rings (SSSR count). The minimum absolute atomic E-state index is 0.0135. The summed E-state index contributed by atoms with van der Waals surface area (Å²) in [5.74, 6) is 0.579. The van der Waals surface area contributed by atoms with Crippen LogP contribution in [0.2, 0.25) is 0 Å². The third kappa shape index (κ3) is 1.94. The van der Waals surface area contributed by atoms with Crippen LogP contribution in [0.1, 0.15) is 32.1 Å². The summed E-state index contributed by atoms with van der Waals surface area (Å²) in [7, 11) is 0. The van der Waals surface area contributed by atoms with Crippen LogP contribution in [0.25, 0.3) is 0 Å². The molecule has 5 nitrogen and oxygen atoms in total. The molecule has 0 aromatic carbocycles. The lowest BCUT2D eigenvalue weighted by Crippen LogP contribution is -2.40. The van der Waals surface area contributed by atoms with Crippen molar-refractivity contribution >= 4 is 17.8 Å². The highest BCUT2D eigenvalue weighted by Gasteiger charge is 2.66. The van der Waals surface area contributed by atoms with Gasteiger partial charge in [0.05, 0.1) is 11.8 Å². The van der Waals surface area contributed by atoms with Crippen molar-refractivity contribution < 1.29 is 19.5 Å². The minimum Gasteiger partial charge on any atom is -0.550 e. The molecule has 0 unspecified atom stereocenters. The molecule has 0 spiro atoms. The number of hydrogen-bond donors (Lipinski definition) is 0. The molecule has 0 aromatic rings. The van der Waals surface area contributed by atoms with E-state index in [-0.39, 0.29) is 41.9 Å². The summed E-state index contributed by atoms with van der Waals surface area (Å²) in [5.41, 5.74) is 0. The quantitative estimate of drug-likeness (QED) is 0.403. The number of carbonyl (C=O) groups is 3. The Kier molecular flexibility index (Phi) is 3.13. The van der Waals surface area contributed by atoms with Crippen LogP contribution in [0, 0.1) is 35.5 Å². The van der Waals surface area contributed by atoms with Crippen LogP contribution in [-0.2, 0) is 14.4 Å². The average Bonchev–Trinajstić information content (AvgIpc) is 3.26. The number of imide groups is 1. The van der Waals surface area contributed by atoms with Gasteiger partial charge in [0.1, 0.15) is 0 Å². The minimum atomic E-state index is -1.04. The van der Waals surface area contributed by atoms with Crippen LogP contribution in [0.4, 0.5) is 0 Å². The number of carbonyl (C=O) groups excluding carboxylic acids is 3. The number of carboxylic acid groups (broad SMARTS) is 1. The molecule has 22 heavy (non-hydrogen) atoms. The van der Waals surface area contributed by atoms with E-state index in [1.165, 1.54) is 11.3 Å². The Bertz CT molecular complexity index is 533. The summed E-state index contributed by atoms with van der Waals surface area (Å²) < 4.78 is 0. The fourth-order valence-corrected chi connectivity index (χ4v) is 4.96. The summed E-state index contributed by atoms with van der Waals surface area (Å²) in [6.07, 6.45) is 7.51. The van der Waals surface area contributed by atoms with Gasteiger partial charge in [-0.05, 0) is 49.4 Å². The van der Waals surface area contributed by atoms with E-state index in [1.807, 2.05) is 0 Å². The molecule has 118 valence electrons. The molecule has 5 heteroatoms. The molecular weight excluding hydrogens is 282 g/mol. The van der Waals surface area contributed by atoms with Gasteiger partial charge in [-0.3, -0.25) is 14.5 Å². The standard InChI is InChI=1S/C17H21NO4/c19-13(20)4-2-1-3-7-18-16(21)14-9-5-6-10(12-8-11(9)12)15(14)17(18)22/h5-6,9-12,14-15H,1-4,7-8H2,(H,19,20)/p-1/t9-,10+,11-,12-,14-,15+/m1/s1. The summed E-state index contributed by atoms with van der Waals surface area (Å²) in [6.45, 7) is 0.437. The van der Waals surface area contributed by atoms with Crippen molar-refractivity contribution in [1.29, 1.82) is 0 Å². The van der Waals surface area contributed by atoms with Crippen LogP contribution in [0.5, 0.6) is 0 Å². The zero-order valence-electron chi connectivity index (χ0n) is 12.4. The van der Waals surface area contributed by atoms with Crippen molar-refractivity contribution in [2.75, 3.05) is 6.54 Å². The Hall–Kier alpha value is -1.65. The highest BCUT2D eigenvalue weighted by atomic mass is 16.4. The molecule has 3 fully saturated rings. The van der Waals surface area contributed by atoms with Crippen LogP contribution in [-0.4, -0.2) is 29.2 Å². The van der Waals surface area contributed by atoms with Gasteiger partial charge in [0.25, 0.3) is 0 Å². The zero-order chi connectivity index (χ0) is 15.4. The van der Waals surface area contributed by atoms with Crippen molar-refractivity contribution in [2.24, 2.45) is 35.5 Å². The lowest BCUT2D eigenvalue weighted by Gasteiger charge is -2.37. The van der Waals surface area contributed by atoms with Crippen molar-refractivity contribution in [3.63, 3.8) is 0 Å². The molecular formula is C17H20NO4-. The number of likely N-dealkylation sites (tertiary alicyclic amines) is 1. The molecule has 6 atom stereocenters. The summed E-state index contributed by atoms with van der Waals surface area (Å²) in [6, 6.07) is 0. The number of hydrogen-bond acceptors (Lipinski definition) is 4. The van der Waals surface area contributed by atoms with Gasteiger partial charge >= 0.3 is 0 Å². The van der Waals surface area contributed by atoms with Crippen molar-refractivity contribution in [3.8, 4) is 0 Å². The number of nitrogens with zero attached hydrogens (tertiary/aromatic N) is 1. The van der Waals surface area contributed by atoms with Crippen molar-refractivity contribution in [1.82, 2.24) is 4.90 Å². The average molecular weight is 302 g/mol. The molecule has 4 aliphatic carbocycles. The molecule has 5 aliphatic rings. The highest BCUT2D eigenvalue weighted by molar-refractivity contribution is 6.06. The first-order valence-corrected chi connectivity index (χ1v) is 8.33. The number of allylic oxidation sites excluding steroid dienone is 2. The van der Waals surface area contributed by atoms with Gasteiger partial charge in [0.15, 0.2) is 0 Å². The Labute approximate surface area is 129 Å². The molecule has 2 amide bonds. The second-order valence-corrected chi connectivity index (χ2v) is 7.17. The maximum atomic E-state index is 12.6. The van der Waals surface area contributed by atoms with Gasteiger partial charge in [-0.1, -0.05) is 18.6 Å². The third-order valence-electron chi connectivity index (χ3n) is 6.02. The number of rotatable bonds is 6.